The van der Waals surface area contributed by atoms with Crippen molar-refractivity contribution in [1.82, 2.24) is 14.7 Å². The van der Waals surface area contributed by atoms with Crippen LogP contribution < -0.4 is 0 Å². The number of hydrogen-bond donors (Lipinski definition) is 1. The first kappa shape index (κ1) is 18.0. The Morgan fingerprint density at radius 2 is 2.04 bits per heavy atom. The summed E-state index contributed by atoms with van der Waals surface area (Å²) in [5, 5.41) is 14.3. The number of aliphatic hydroxyl groups is 1. The summed E-state index contributed by atoms with van der Waals surface area (Å²) in [4.78, 5) is 1.99. The number of rotatable bonds is 5. The fraction of sp³-hybridized carbons (Fsp3) is 0.438. The molecule has 0 unspecified atom stereocenters. The third-order valence-corrected chi connectivity index (χ3v) is 5.03. The van der Waals surface area contributed by atoms with Gasteiger partial charge in [-0.15, -0.1) is 0 Å². The van der Waals surface area contributed by atoms with Crippen LogP contribution in [0.1, 0.15) is 23.1 Å². The molecule has 0 radical (unpaired) electrons. The van der Waals surface area contributed by atoms with Gasteiger partial charge in [0, 0.05) is 37.5 Å². The van der Waals surface area contributed by atoms with Gasteiger partial charge >= 0.3 is 0 Å². The number of benzene rings is 1. The SMILES string of the molecule is CS(=O)(=O)C[C@@H](O)c1cc2n(n1)CCN(Cc1ccc(F)cc1F)C2. The molecule has 1 aliphatic heterocycles. The molecular formula is C16H19F2N3O3S. The van der Waals surface area contributed by atoms with E-state index in [-0.39, 0.29) is 5.75 Å². The summed E-state index contributed by atoms with van der Waals surface area (Å²) in [6.45, 7) is 1.98. The molecule has 6 nitrogen and oxygen atoms in total. The largest absolute Gasteiger partial charge is 0.386 e. The Labute approximate surface area is 144 Å². The minimum Gasteiger partial charge on any atom is -0.386 e. The fourth-order valence-electron chi connectivity index (χ4n) is 2.90. The summed E-state index contributed by atoms with van der Waals surface area (Å²) in [6, 6.07) is 5.19. The normalized spacial score (nSPS) is 16.6. The number of fused-ring (bicyclic) bond motifs is 1. The van der Waals surface area contributed by atoms with Crippen molar-refractivity contribution in [2.45, 2.75) is 25.7 Å². The van der Waals surface area contributed by atoms with E-state index in [0.717, 1.165) is 18.0 Å². The van der Waals surface area contributed by atoms with Crippen molar-refractivity contribution in [1.29, 1.82) is 0 Å². The molecule has 1 aromatic carbocycles. The molecule has 0 spiro atoms. The number of nitrogens with zero attached hydrogens (tertiary/aromatic N) is 3. The standard InChI is InChI=1S/C16H19F2N3O3S/c1-25(23,24)10-16(22)15-7-13-9-20(4-5-21(13)19-15)8-11-2-3-12(17)6-14(11)18/h2-3,6-7,16,22H,4-5,8-10H2,1H3/t16-/m1/s1. The zero-order valence-electron chi connectivity index (χ0n) is 13.7. The lowest BCUT2D eigenvalue weighted by Gasteiger charge is -2.27. The van der Waals surface area contributed by atoms with E-state index < -0.39 is 27.6 Å². The average Bonchev–Trinajstić information content (AvgIpc) is 2.92. The molecule has 9 heteroatoms. The second-order valence-electron chi connectivity index (χ2n) is 6.34. The van der Waals surface area contributed by atoms with Crippen molar-refractivity contribution >= 4 is 9.84 Å². The molecule has 2 aromatic rings. The van der Waals surface area contributed by atoms with Gasteiger partial charge in [-0.05, 0) is 12.1 Å². The van der Waals surface area contributed by atoms with Crippen LogP contribution in [0.3, 0.4) is 0 Å². The first-order valence-corrected chi connectivity index (χ1v) is 9.86. The summed E-state index contributed by atoms with van der Waals surface area (Å²) in [5.74, 6) is -1.57. The highest BCUT2D eigenvalue weighted by atomic mass is 32.2. The minimum atomic E-state index is -3.31. The molecule has 0 bridgehead atoms. The maximum atomic E-state index is 13.8. The van der Waals surface area contributed by atoms with Crippen LogP contribution in [0, 0.1) is 11.6 Å². The van der Waals surface area contributed by atoms with Gasteiger partial charge in [-0.2, -0.15) is 5.10 Å². The first-order valence-electron chi connectivity index (χ1n) is 7.80. The smallest absolute Gasteiger partial charge is 0.150 e. The lowest BCUT2D eigenvalue weighted by Crippen LogP contribution is -2.33. The van der Waals surface area contributed by atoms with Crippen LogP contribution in [0.15, 0.2) is 24.3 Å². The lowest BCUT2D eigenvalue weighted by molar-refractivity contribution is 0.190. The summed E-state index contributed by atoms with van der Waals surface area (Å²) in [7, 11) is -3.31. The Bertz CT molecular complexity index is 883. The third-order valence-electron chi connectivity index (χ3n) is 4.11. The van der Waals surface area contributed by atoms with Gasteiger partial charge in [0.2, 0.25) is 0 Å². The quantitative estimate of drug-likeness (QED) is 0.856. The Balaban J connectivity index is 1.71. The van der Waals surface area contributed by atoms with Crippen LogP contribution in [0.4, 0.5) is 8.78 Å². The first-order chi connectivity index (χ1) is 11.7. The van der Waals surface area contributed by atoms with Gasteiger partial charge in [0.1, 0.15) is 27.6 Å². The van der Waals surface area contributed by atoms with Crippen molar-refractivity contribution in [3.8, 4) is 0 Å². The Hall–Kier alpha value is -1.84. The van der Waals surface area contributed by atoms with Crippen molar-refractivity contribution < 1.29 is 22.3 Å². The van der Waals surface area contributed by atoms with Crippen molar-refractivity contribution in [2.75, 3.05) is 18.6 Å². The van der Waals surface area contributed by atoms with Crippen LogP contribution in [0.5, 0.6) is 0 Å². The average molecular weight is 371 g/mol. The van der Waals surface area contributed by atoms with E-state index in [2.05, 4.69) is 5.10 Å². The van der Waals surface area contributed by atoms with Crippen LogP contribution in [0.25, 0.3) is 0 Å². The molecule has 1 aromatic heterocycles. The van der Waals surface area contributed by atoms with E-state index in [4.69, 9.17) is 0 Å². The highest BCUT2D eigenvalue weighted by molar-refractivity contribution is 7.90. The second-order valence-corrected chi connectivity index (χ2v) is 8.52. The molecule has 0 fully saturated rings. The van der Waals surface area contributed by atoms with E-state index in [1.807, 2.05) is 4.90 Å². The Kier molecular flexibility index (Phi) is 4.90. The van der Waals surface area contributed by atoms with Gasteiger partial charge in [-0.25, -0.2) is 17.2 Å². The number of halogens is 2. The number of aliphatic hydroxyl groups excluding tert-OH is 1. The van der Waals surface area contributed by atoms with E-state index >= 15 is 0 Å². The summed E-state index contributed by atoms with van der Waals surface area (Å²) in [5.41, 5.74) is 1.54. The predicted octanol–water partition coefficient (Wildman–Crippen LogP) is 1.26. The van der Waals surface area contributed by atoms with E-state index in [9.17, 15) is 22.3 Å². The van der Waals surface area contributed by atoms with Gasteiger partial charge in [0.15, 0.2) is 0 Å². The van der Waals surface area contributed by atoms with E-state index in [0.29, 0.717) is 37.4 Å². The zero-order valence-corrected chi connectivity index (χ0v) is 14.5. The van der Waals surface area contributed by atoms with Crippen LogP contribution in [-0.2, 0) is 29.5 Å². The molecule has 2 heterocycles. The molecule has 1 N–H and O–H groups in total. The molecular weight excluding hydrogens is 352 g/mol. The molecule has 0 saturated heterocycles. The van der Waals surface area contributed by atoms with E-state index in [1.165, 1.54) is 12.1 Å². The molecule has 136 valence electrons. The molecule has 25 heavy (non-hydrogen) atoms. The van der Waals surface area contributed by atoms with Gasteiger partial charge in [-0.1, -0.05) is 6.07 Å². The second kappa shape index (κ2) is 6.81. The highest BCUT2D eigenvalue weighted by Crippen LogP contribution is 2.21. The van der Waals surface area contributed by atoms with Gasteiger partial charge < -0.3 is 5.11 Å². The van der Waals surface area contributed by atoms with Gasteiger partial charge in [0.05, 0.1) is 23.7 Å². The van der Waals surface area contributed by atoms with Crippen molar-refractivity contribution in [2.24, 2.45) is 0 Å². The molecule has 0 saturated carbocycles. The third kappa shape index (κ3) is 4.42. The van der Waals surface area contributed by atoms with Crippen LogP contribution in [-0.4, -0.2) is 46.8 Å². The molecule has 1 aliphatic rings. The van der Waals surface area contributed by atoms with Crippen molar-refractivity contribution in [3.05, 3.63) is 52.9 Å². The Morgan fingerprint density at radius 3 is 2.72 bits per heavy atom. The number of hydrogen-bond acceptors (Lipinski definition) is 5. The van der Waals surface area contributed by atoms with Crippen molar-refractivity contribution in [3.63, 3.8) is 0 Å². The molecule has 0 aliphatic carbocycles. The monoisotopic (exact) mass is 371 g/mol. The topological polar surface area (TPSA) is 75.4 Å². The Morgan fingerprint density at radius 1 is 1.28 bits per heavy atom. The maximum Gasteiger partial charge on any atom is 0.150 e. The maximum absolute atomic E-state index is 13.8. The zero-order chi connectivity index (χ0) is 18.2. The summed E-state index contributed by atoms with van der Waals surface area (Å²) in [6.07, 6.45) is -0.110. The van der Waals surface area contributed by atoms with Crippen LogP contribution >= 0.6 is 0 Å². The molecule has 3 rings (SSSR count). The minimum absolute atomic E-state index is 0.315. The summed E-state index contributed by atoms with van der Waals surface area (Å²) >= 11 is 0. The lowest BCUT2D eigenvalue weighted by atomic mass is 10.1. The summed E-state index contributed by atoms with van der Waals surface area (Å²) < 4.78 is 51.1. The van der Waals surface area contributed by atoms with Gasteiger partial charge in [0.25, 0.3) is 0 Å². The highest BCUT2D eigenvalue weighted by Gasteiger charge is 2.23. The number of aromatic nitrogens is 2. The number of sulfone groups is 1. The van der Waals surface area contributed by atoms with E-state index in [1.54, 1.807) is 10.7 Å². The van der Waals surface area contributed by atoms with Gasteiger partial charge in [-0.3, -0.25) is 9.58 Å². The fourth-order valence-corrected chi connectivity index (χ4v) is 3.65. The predicted molar refractivity (Wildman–Crippen MR) is 87.4 cm³/mol. The molecule has 1 atom stereocenters. The van der Waals surface area contributed by atoms with Crippen LogP contribution in [0.2, 0.25) is 0 Å². The molecule has 0 amide bonds.